The van der Waals surface area contributed by atoms with Crippen molar-refractivity contribution in [3.63, 3.8) is 0 Å². The van der Waals surface area contributed by atoms with Gasteiger partial charge in [-0.15, -0.1) is 0 Å². The first-order chi connectivity index (χ1) is 6.47. The number of likely N-dealkylation sites (N-methyl/N-ethyl adjacent to an activating group) is 1. The van der Waals surface area contributed by atoms with Crippen LogP contribution < -0.4 is 0 Å². The second-order valence-corrected chi connectivity index (χ2v) is 13.9. The molecule has 5 heteroatoms. The molecule has 0 aromatic carbocycles. The molecule has 15 heavy (non-hydrogen) atoms. The molecule has 3 nitrogen and oxygen atoms in total. The quantitative estimate of drug-likeness (QED) is 0.563. The van der Waals surface area contributed by atoms with Crippen LogP contribution >= 0.6 is 0 Å². The molecule has 0 spiro atoms. The zero-order chi connectivity index (χ0) is 12.4. The molecular formula is C10H23NO2Si2. The Morgan fingerprint density at radius 3 is 1.87 bits per heavy atom. The first-order valence-electron chi connectivity index (χ1n) is 5.11. The largest absolute Gasteiger partial charge is 0.441 e. The van der Waals surface area contributed by atoms with Gasteiger partial charge in [-0.25, -0.2) is 0 Å². The monoisotopic (exact) mass is 245 g/mol. The summed E-state index contributed by atoms with van der Waals surface area (Å²) in [5, 5.41) is 0. The molecule has 0 atom stereocenters. The Bertz CT molecular complexity index is 269. The lowest BCUT2D eigenvalue weighted by Gasteiger charge is -2.38. The fourth-order valence-corrected chi connectivity index (χ4v) is 8.57. The van der Waals surface area contributed by atoms with Crippen LogP contribution in [0.3, 0.4) is 0 Å². The van der Waals surface area contributed by atoms with Gasteiger partial charge in [-0.3, -0.25) is 4.79 Å². The maximum atomic E-state index is 11.8. The molecule has 0 rings (SSSR count). The molecule has 0 aliphatic carbocycles. The summed E-state index contributed by atoms with van der Waals surface area (Å²) in [6.45, 7) is 15.9. The Morgan fingerprint density at radius 1 is 1.20 bits per heavy atom. The number of carbonyl (C=O) groups excluding carboxylic acids is 1. The van der Waals surface area contributed by atoms with E-state index in [0.717, 1.165) is 0 Å². The van der Waals surface area contributed by atoms with Crippen molar-refractivity contribution in [3.05, 3.63) is 12.2 Å². The van der Waals surface area contributed by atoms with E-state index in [0.29, 0.717) is 5.57 Å². The molecule has 0 aromatic heterocycles. The molecule has 0 saturated heterocycles. The van der Waals surface area contributed by atoms with Gasteiger partial charge in [-0.05, 0) is 39.7 Å². The number of carbonyl (C=O) groups is 1. The minimum Gasteiger partial charge on any atom is -0.441 e. The molecule has 0 saturated carbocycles. The van der Waals surface area contributed by atoms with E-state index >= 15 is 0 Å². The van der Waals surface area contributed by atoms with E-state index in [1.807, 2.05) is 20.1 Å². The van der Waals surface area contributed by atoms with Crippen LogP contribution in [-0.4, -0.2) is 34.3 Å². The first-order valence-corrected chi connectivity index (χ1v) is 11.4. The van der Waals surface area contributed by atoms with Gasteiger partial charge >= 0.3 is 0 Å². The van der Waals surface area contributed by atoms with Gasteiger partial charge < -0.3 is 8.68 Å². The SMILES string of the molecule is C=C(C)C(=O)N(C)[Si](C)(C)O[Si](C)(C)C. The number of rotatable bonds is 4. The van der Waals surface area contributed by atoms with Gasteiger partial charge in [-0.1, -0.05) is 6.58 Å². The Balaban J connectivity index is 4.73. The molecule has 0 bridgehead atoms. The summed E-state index contributed by atoms with van der Waals surface area (Å²) in [6, 6.07) is 0. The zero-order valence-electron chi connectivity index (χ0n) is 11.0. The van der Waals surface area contributed by atoms with Gasteiger partial charge in [0.1, 0.15) is 0 Å². The summed E-state index contributed by atoms with van der Waals surface area (Å²) < 4.78 is 7.84. The number of nitrogens with zero attached hydrogens (tertiary/aromatic N) is 1. The Kier molecular flexibility index (Phi) is 4.51. The van der Waals surface area contributed by atoms with Gasteiger partial charge in [0.2, 0.25) is 5.91 Å². The summed E-state index contributed by atoms with van der Waals surface area (Å²) in [5.41, 5.74) is 0.567. The second kappa shape index (κ2) is 4.63. The van der Waals surface area contributed by atoms with E-state index in [9.17, 15) is 4.79 Å². The van der Waals surface area contributed by atoms with Crippen LogP contribution in [0.25, 0.3) is 0 Å². The van der Waals surface area contributed by atoms with Gasteiger partial charge in [0.05, 0.1) is 0 Å². The molecule has 1 amide bonds. The molecule has 0 aliphatic heterocycles. The highest BCUT2D eigenvalue weighted by Gasteiger charge is 2.36. The van der Waals surface area contributed by atoms with E-state index in [1.54, 1.807) is 11.5 Å². The van der Waals surface area contributed by atoms with Crippen LogP contribution in [-0.2, 0) is 8.91 Å². The first kappa shape index (κ1) is 14.6. The maximum Gasteiger partial charge on any atom is 0.286 e. The average molecular weight is 245 g/mol. The van der Waals surface area contributed by atoms with Crippen molar-refractivity contribution < 1.29 is 8.91 Å². The molecule has 0 radical (unpaired) electrons. The van der Waals surface area contributed by atoms with Crippen molar-refractivity contribution in [1.82, 2.24) is 4.57 Å². The Labute approximate surface area is 95.5 Å². The summed E-state index contributed by atoms with van der Waals surface area (Å²) in [4.78, 5) is 11.8. The van der Waals surface area contributed by atoms with Gasteiger partial charge in [0.15, 0.2) is 8.32 Å². The van der Waals surface area contributed by atoms with Gasteiger partial charge in [0.25, 0.3) is 8.48 Å². The number of amides is 1. The third kappa shape index (κ3) is 4.77. The fraction of sp³-hybridized carbons (Fsp3) is 0.700. The minimum absolute atomic E-state index is 0.00934. The summed E-state index contributed by atoms with van der Waals surface area (Å²) in [7, 11) is -1.87. The third-order valence-corrected chi connectivity index (χ3v) is 8.30. The molecule has 0 unspecified atom stereocenters. The lowest BCUT2D eigenvalue weighted by Crippen LogP contribution is -2.56. The van der Waals surface area contributed by atoms with E-state index in [2.05, 4.69) is 26.2 Å². The summed E-state index contributed by atoms with van der Waals surface area (Å²) >= 11 is 0. The van der Waals surface area contributed by atoms with Crippen LogP contribution in [0.1, 0.15) is 6.92 Å². The van der Waals surface area contributed by atoms with Crippen LogP contribution in [0.15, 0.2) is 12.2 Å². The van der Waals surface area contributed by atoms with Crippen molar-refractivity contribution in [2.24, 2.45) is 0 Å². The van der Waals surface area contributed by atoms with Crippen LogP contribution in [0.5, 0.6) is 0 Å². The maximum absolute atomic E-state index is 11.8. The standard InChI is InChI=1S/C10H23NO2Si2/c1-9(2)10(12)11(3)15(7,8)13-14(4,5)6/h1H2,2-8H3. The predicted molar refractivity (Wildman–Crippen MR) is 69.5 cm³/mol. The van der Waals surface area contributed by atoms with Gasteiger partial charge in [-0.2, -0.15) is 0 Å². The summed E-state index contributed by atoms with van der Waals surface area (Å²) in [5.74, 6) is -0.00934. The highest BCUT2D eigenvalue weighted by molar-refractivity contribution is 6.83. The highest BCUT2D eigenvalue weighted by atomic mass is 28.4. The molecule has 0 fully saturated rings. The zero-order valence-corrected chi connectivity index (χ0v) is 13.0. The van der Waals surface area contributed by atoms with Crippen molar-refractivity contribution >= 4 is 22.7 Å². The molecule has 0 N–H and O–H groups in total. The van der Waals surface area contributed by atoms with Crippen molar-refractivity contribution in [2.45, 2.75) is 39.7 Å². The molecular weight excluding hydrogens is 222 g/mol. The Morgan fingerprint density at radius 2 is 1.60 bits per heavy atom. The van der Waals surface area contributed by atoms with Gasteiger partial charge in [0, 0.05) is 12.6 Å². The van der Waals surface area contributed by atoms with E-state index in [4.69, 9.17) is 4.12 Å². The fourth-order valence-electron chi connectivity index (χ4n) is 1.35. The molecule has 0 heterocycles. The van der Waals surface area contributed by atoms with Crippen LogP contribution in [0, 0.1) is 0 Å². The molecule has 88 valence electrons. The predicted octanol–water partition coefficient (Wildman–Crippen LogP) is 2.57. The lowest BCUT2D eigenvalue weighted by atomic mass is 10.3. The molecule has 0 aliphatic rings. The van der Waals surface area contributed by atoms with Crippen LogP contribution in [0.4, 0.5) is 0 Å². The second-order valence-electron chi connectivity index (χ2n) is 5.31. The third-order valence-electron chi connectivity index (χ3n) is 2.03. The van der Waals surface area contributed by atoms with Crippen molar-refractivity contribution in [1.29, 1.82) is 0 Å². The van der Waals surface area contributed by atoms with Crippen molar-refractivity contribution in [3.8, 4) is 0 Å². The average Bonchev–Trinajstić information content (AvgIpc) is 1.96. The van der Waals surface area contributed by atoms with E-state index < -0.39 is 16.8 Å². The summed E-state index contributed by atoms with van der Waals surface area (Å²) in [6.07, 6.45) is 0. The highest BCUT2D eigenvalue weighted by Crippen LogP contribution is 2.18. The lowest BCUT2D eigenvalue weighted by molar-refractivity contribution is -0.122. The van der Waals surface area contributed by atoms with Crippen LogP contribution in [0.2, 0.25) is 32.7 Å². The number of hydrogen-bond donors (Lipinski definition) is 0. The van der Waals surface area contributed by atoms with Crippen molar-refractivity contribution in [2.75, 3.05) is 7.05 Å². The molecule has 0 aromatic rings. The van der Waals surface area contributed by atoms with E-state index in [-0.39, 0.29) is 5.91 Å². The van der Waals surface area contributed by atoms with E-state index in [1.165, 1.54) is 0 Å². The number of hydrogen-bond acceptors (Lipinski definition) is 2. The minimum atomic E-state index is -2.08. The normalized spacial score (nSPS) is 12.5. The smallest absolute Gasteiger partial charge is 0.286 e. The topological polar surface area (TPSA) is 29.5 Å². The Hall–Kier alpha value is -0.396.